The highest BCUT2D eigenvalue weighted by molar-refractivity contribution is 6.33. The van der Waals surface area contributed by atoms with Crippen molar-refractivity contribution in [3.05, 3.63) is 125 Å². The van der Waals surface area contributed by atoms with Gasteiger partial charge in [-0.2, -0.15) is 4.98 Å². The number of hydrogen-bond acceptors (Lipinski definition) is 10. The van der Waals surface area contributed by atoms with Crippen molar-refractivity contribution >= 4 is 64.1 Å². The molecule has 320 valence electrons. The summed E-state index contributed by atoms with van der Waals surface area (Å²) in [5.41, 5.74) is 10.7. The second-order valence-electron chi connectivity index (χ2n) is 16.4. The molecule has 1 aliphatic carbocycles. The van der Waals surface area contributed by atoms with Crippen LogP contribution in [0.5, 0.6) is 0 Å². The number of halogens is 2. The van der Waals surface area contributed by atoms with E-state index in [0.29, 0.717) is 51.8 Å². The first kappa shape index (κ1) is 42.3. The van der Waals surface area contributed by atoms with Crippen molar-refractivity contribution in [2.45, 2.75) is 62.9 Å². The maximum Gasteiger partial charge on any atom is 0.251 e. The number of amides is 4. The lowest BCUT2D eigenvalue weighted by Crippen LogP contribution is -2.49. The average molecular weight is 858 g/mol. The molecule has 6 N–H and O–H groups in total. The fourth-order valence-corrected chi connectivity index (χ4v) is 9.20. The second kappa shape index (κ2) is 18.7. The molecule has 13 nitrogen and oxygen atoms in total. The zero-order chi connectivity index (χ0) is 43.3. The minimum Gasteiger partial charge on any atom is -0.372 e. The Balaban J connectivity index is 0.827. The molecule has 15 heteroatoms. The lowest BCUT2D eigenvalue weighted by atomic mass is 9.90. The molecule has 4 aromatic carbocycles. The predicted molar refractivity (Wildman–Crippen MR) is 238 cm³/mol. The van der Waals surface area contributed by atoms with Crippen LogP contribution in [0.15, 0.2) is 97.2 Å². The zero-order valence-electron chi connectivity index (χ0n) is 34.4. The molecule has 1 unspecified atom stereocenters. The van der Waals surface area contributed by atoms with Crippen LogP contribution < -0.4 is 31.9 Å². The molecule has 62 heavy (non-hydrogen) atoms. The summed E-state index contributed by atoms with van der Waals surface area (Å²) in [6.07, 6.45) is 7.11. The minimum atomic E-state index is -0.685. The minimum absolute atomic E-state index is 0.0413. The van der Waals surface area contributed by atoms with Gasteiger partial charge in [0.2, 0.25) is 23.7 Å². The van der Waals surface area contributed by atoms with Gasteiger partial charge in [-0.05, 0) is 123 Å². The molecule has 0 bridgehead atoms. The second-order valence-corrected chi connectivity index (χ2v) is 16.8. The van der Waals surface area contributed by atoms with Gasteiger partial charge in [-0.3, -0.25) is 24.5 Å². The van der Waals surface area contributed by atoms with Crippen molar-refractivity contribution in [1.82, 2.24) is 25.5 Å². The standard InChI is InChI=1S/C47H49ClFN9O4/c1-57(27-28-21-23-58(24-22-28)33-16-11-29(12-17-33)34-19-20-42(59)55-46(34)62)41-8-4-7-40(41)54-45(61)30-9-13-31(14-10-30)53-47-51-26-39(49)44(56-47)52-32-15-18-36(43(50)60)37(25-32)35-5-2-3-6-38(35)48/h2-3,5-6,9-18,25-26,28,34,40-41H,4,7-8,19-24,27H2,1H3,(H2,50,60)(H,54,61)(H,55,59,62)(H2,51,52,53,56)/t34?,40-,41+/m0/s1. The highest BCUT2D eigenvalue weighted by Gasteiger charge is 2.34. The topological polar surface area (TPSA) is 175 Å². The van der Waals surface area contributed by atoms with Crippen molar-refractivity contribution in [2.24, 2.45) is 11.7 Å². The predicted octanol–water partition coefficient (Wildman–Crippen LogP) is 7.54. The number of likely N-dealkylation sites (N-methyl/N-ethyl adjacent to an activating group) is 1. The van der Waals surface area contributed by atoms with E-state index in [1.54, 1.807) is 66.7 Å². The third-order valence-corrected chi connectivity index (χ3v) is 12.6. The Hall–Kier alpha value is -6.38. The Morgan fingerprint density at radius 2 is 1.65 bits per heavy atom. The number of hydrogen-bond donors (Lipinski definition) is 5. The van der Waals surface area contributed by atoms with Gasteiger partial charge in [0.05, 0.1) is 12.1 Å². The summed E-state index contributed by atoms with van der Waals surface area (Å²) < 4.78 is 15.0. The van der Waals surface area contributed by atoms with Gasteiger partial charge in [-0.25, -0.2) is 9.37 Å². The molecule has 0 radical (unpaired) electrons. The number of nitrogens with zero attached hydrogens (tertiary/aromatic N) is 4. The molecule has 8 rings (SSSR count). The quantitative estimate of drug-likeness (QED) is 0.0745. The number of rotatable bonds is 13. The summed E-state index contributed by atoms with van der Waals surface area (Å²) in [6, 6.07) is 27.3. The van der Waals surface area contributed by atoms with E-state index < -0.39 is 11.7 Å². The first-order valence-electron chi connectivity index (χ1n) is 21.0. The van der Waals surface area contributed by atoms with Crippen molar-refractivity contribution in [3.8, 4) is 11.1 Å². The number of anilines is 5. The summed E-state index contributed by atoms with van der Waals surface area (Å²) in [6.45, 7) is 2.88. The highest BCUT2D eigenvalue weighted by atomic mass is 35.5. The maximum absolute atomic E-state index is 15.0. The molecule has 0 spiro atoms. The molecule has 3 aliphatic rings. The van der Waals surface area contributed by atoms with Gasteiger partial charge in [-0.15, -0.1) is 0 Å². The first-order valence-corrected chi connectivity index (χ1v) is 21.4. The summed E-state index contributed by atoms with van der Waals surface area (Å²) in [5.74, 6) is -1.54. The Bertz CT molecular complexity index is 2460. The molecule has 1 saturated carbocycles. The van der Waals surface area contributed by atoms with Crippen LogP contribution in [-0.4, -0.2) is 77.3 Å². The van der Waals surface area contributed by atoms with Gasteiger partial charge < -0.3 is 31.5 Å². The van der Waals surface area contributed by atoms with E-state index >= 15 is 0 Å². The summed E-state index contributed by atoms with van der Waals surface area (Å²) in [4.78, 5) is 62.8. The van der Waals surface area contributed by atoms with Gasteiger partial charge >= 0.3 is 0 Å². The SMILES string of the molecule is CN(CC1CCN(c2ccc(C3CCC(=O)NC3=O)cc2)CC1)[C@@H]1CCC[C@@H]1NC(=O)c1ccc(Nc2ncc(F)c(Nc3ccc(C(N)=O)c(-c4ccccc4Cl)c3)n2)cc1. The van der Waals surface area contributed by atoms with Crippen LogP contribution in [-0.2, 0) is 9.59 Å². The Kier molecular flexibility index (Phi) is 12.8. The van der Waals surface area contributed by atoms with E-state index in [9.17, 15) is 23.6 Å². The molecule has 2 aliphatic heterocycles. The number of piperidine rings is 2. The lowest BCUT2D eigenvalue weighted by molar-refractivity contribution is -0.134. The number of imide groups is 1. The molecule has 3 fully saturated rings. The van der Waals surface area contributed by atoms with E-state index in [-0.39, 0.29) is 53.1 Å². The largest absolute Gasteiger partial charge is 0.372 e. The number of benzene rings is 4. The fourth-order valence-electron chi connectivity index (χ4n) is 8.96. The number of aromatic nitrogens is 2. The van der Waals surface area contributed by atoms with Crippen molar-refractivity contribution in [1.29, 1.82) is 0 Å². The van der Waals surface area contributed by atoms with Crippen molar-refractivity contribution < 1.29 is 23.6 Å². The normalized spacial score (nSPS) is 19.3. The van der Waals surface area contributed by atoms with Crippen LogP contribution in [0.4, 0.5) is 33.2 Å². The molecule has 4 amide bonds. The smallest absolute Gasteiger partial charge is 0.251 e. The van der Waals surface area contributed by atoms with Crippen LogP contribution in [0, 0.1) is 11.7 Å². The monoisotopic (exact) mass is 857 g/mol. The van der Waals surface area contributed by atoms with E-state index in [0.717, 1.165) is 69.2 Å². The number of nitrogens with two attached hydrogens (primary N) is 1. The summed E-state index contributed by atoms with van der Waals surface area (Å²) >= 11 is 6.42. The molecule has 3 heterocycles. The van der Waals surface area contributed by atoms with Crippen molar-refractivity contribution in [3.63, 3.8) is 0 Å². The molecule has 1 aromatic heterocycles. The van der Waals surface area contributed by atoms with Crippen LogP contribution in [0.2, 0.25) is 5.02 Å². The molecular formula is C47H49ClFN9O4. The molecular weight excluding hydrogens is 809 g/mol. The third-order valence-electron chi connectivity index (χ3n) is 12.3. The number of nitrogens with one attached hydrogen (secondary N) is 4. The first-order chi connectivity index (χ1) is 30.0. The van der Waals surface area contributed by atoms with Gasteiger partial charge in [0, 0.05) is 76.9 Å². The molecule has 3 atom stereocenters. The van der Waals surface area contributed by atoms with E-state index in [1.807, 2.05) is 12.1 Å². The summed E-state index contributed by atoms with van der Waals surface area (Å²) in [7, 11) is 2.17. The van der Waals surface area contributed by atoms with Gasteiger partial charge in [0.25, 0.3) is 5.91 Å². The average Bonchev–Trinajstić information content (AvgIpc) is 3.74. The lowest BCUT2D eigenvalue weighted by Gasteiger charge is -2.38. The summed E-state index contributed by atoms with van der Waals surface area (Å²) in [5, 5.41) is 12.2. The Labute approximate surface area is 364 Å². The maximum atomic E-state index is 15.0. The number of primary amides is 1. The van der Waals surface area contributed by atoms with Gasteiger partial charge in [-0.1, -0.05) is 41.9 Å². The zero-order valence-corrected chi connectivity index (χ0v) is 35.1. The molecule has 2 saturated heterocycles. The highest BCUT2D eigenvalue weighted by Crippen LogP contribution is 2.34. The van der Waals surface area contributed by atoms with E-state index in [4.69, 9.17) is 17.3 Å². The van der Waals surface area contributed by atoms with E-state index in [1.165, 1.54) is 0 Å². The number of carbonyl (C=O) groups excluding carboxylic acids is 4. The van der Waals surface area contributed by atoms with Crippen LogP contribution in [0.1, 0.15) is 77.1 Å². The Morgan fingerprint density at radius 3 is 2.37 bits per heavy atom. The Morgan fingerprint density at radius 1 is 0.903 bits per heavy atom. The van der Waals surface area contributed by atoms with E-state index in [2.05, 4.69) is 60.2 Å². The molecule has 5 aromatic rings. The fraction of sp³-hybridized carbons (Fsp3) is 0.319. The van der Waals surface area contributed by atoms with Crippen LogP contribution in [0.3, 0.4) is 0 Å². The van der Waals surface area contributed by atoms with Gasteiger partial charge in [0.1, 0.15) is 0 Å². The van der Waals surface area contributed by atoms with Crippen LogP contribution >= 0.6 is 11.6 Å². The van der Waals surface area contributed by atoms with Crippen LogP contribution in [0.25, 0.3) is 11.1 Å². The number of carbonyl (C=O) groups is 4. The van der Waals surface area contributed by atoms with Gasteiger partial charge in [0.15, 0.2) is 11.6 Å². The third kappa shape index (κ3) is 9.72. The van der Waals surface area contributed by atoms with Crippen molar-refractivity contribution in [2.75, 3.05) is 42.2 Å².